The molecule has 2 amide bonds. The van der Waals surface area contributed by atoms with Crippen molar-refractivity contribution in [2.75, 3.05) is 13.1 Å². The average Bonchev–Trinajstić information content (AvgIpc) is 3.28. The second-order valence-electron chi connectivity index (χ2n) is 9.05. The molecule has 3 heterocycles. The van der Waals surface area contributed by atoms with Crippen molar-refractivity contribution in [3.8, 4) is 0 Å². The zero-order chi connectivity index (χ0) is 22.3. The predicted molar refractivity (Wildman–Crippen MR) is 140 cm³/mol. The minimum Gasteiger partial charge on any atom is -0.481 e. The van der Waals surface area contributed by atoms with E-state index in [2.05, 4.69) is 15.6 Å². The first-order chi connectivity index (χ1) is 15.6. The lowest BCUT2D eigenvalue weighted by Gasteiger charge is -2.32. The molecule has 1 atom stereocenters. The Hall–Kier alpha value is -1.55. The van der Waals surface area contributed by atoms with E-state index in [9.17, 15) is 9.59 Å². The Morgan fingerprint density at radius 3 is 2.53 bits per heavy atom. The van der Waals surface area contributed by atoms with Crippen LogP contribution in [0.3, 0.4) is 0 Å². The molecular weight excluding hydrogens is 497 g/mol. The number of urea groups is 1. The van der Waals surface area contributed by atoms with Crippen molar-refractivity contribution in [3.05, 3.63) is 30.1 Å². The molecule has 11 heteroatoms. The van der Waals surface area contributed by atoms with Crippen molar-refractivity contribution in [1.29, 1.82) is 0 Å². The zero-order valence-corrected chi connectivity index (χ0v) is 21.7. The first kappa shape index (κ1) is 28.7. The molecule has 0 spiro atoms. The third-order valence-corrected chi connectivity index (χ3v) is 8.30. The minimum atomic E-state index is -0.708. The summed E-state index contributed by atoms with van der Waals surface area (Å²) in [5.74, 6) is 0.592. The second kappa shape index (κ2) is 14.1. The number of carboxylic acid groups (broad SMARTS) is 1. The lowest BCUT2D eigenvalue weighted by molar-refractivity contribution is -0.137. The summed E-state index contributed by atoms with van der Waals surface area (Å²) in [5.41, 5.74) is 0.968. The van der Waals surface area contributed by atoms with Crippen LogP contribution in [0.4, 0.5) is 4.79 Å². The zero-order valence-electron chi connectivity index (χ0n) is 19.2. The number of carbonyl (C=O) groups is 2. The van der Waals surface area contributed by atoms with Crippen molar-refractivity contribution in [3.63, 3.8) is 0 Å². The number of carbonyl (C=O) groups excluding carboxylic acids is 1. The normalized spacial score (nSPS) is 25.0. The molecule has 1 saturated carbocycles. The van der Waals surface area contributed by atoms with Gasteiger partial charge >= 0.3 is 12.0 Å². The second-order valence-corrected chi connectivity index (χ2v) is 10.2. The van der Waals surface area contributed by atoms with E-state index in [0.717, 1.165) is 68.6 Å². The molecule has 190 valence electrons. The fraction of sp³-hybridized carbons (Fsp3) is 0.652. The van der Waals surface area contributed by atoms with Crippen LogP contribution in [0.1, 0.15) is 56.9 Å². The summed E-state index contributed by atoms with van der Waals surface area (Å²) >= 11 is 1.78. The van der Waals surface area contributed by atoms with Crippen molar-refractivity contribution < 1.29 is 14.7 Å². The van der Waals surface area contributed by atoms with E-state index >= 15 is 0 Å². The fourth-order valence-electron chi connectivity index (χ4n) is 4.91. The molecule has 3 aliphatic rings. The molecule has 0 bridgehead atoms. The molecule has 0 radical (unpaired) electrons. The molecular formula is C23H35Cl2N5O3S. The van der Waals surface area contributed by atoms with Crippen LogP contribution in [0, 0.1) is 17.8 Å². The van der Waals surface area contributed by atoms with Crippen molar-refractivity contribution in [2.45, 2.75) is 63.3 Å². The van der Waals surface area contributed by atoms with Crippen LogP contribution in [0.2, 0.25) is 0 Å². The summed E-state index contributed by atoms with van der Waals surface area (Å²) in [4.78, 5) is 28.1. The van der Waals surface area contributed by atoms with Crippen molar-refractivity contribution >= 4 is 53.6 Å². The van der Waals surface area contributed by atoms with Gasteiger partial charge in [0.25, 0.3) is 0 Å². The molecule has 4 rings (SSSR count). The number of hydrogen-bond acceptors (Lipinski definition) is 6. The van der Waals surface area contributed by atoms with Crippen LogP contribution < -0.4 is 10.6 Å². The van der Waals surface area contributed by atoms with Gasteiger partial charge in [0.15, 0.2) is 0 Å². The van der Waals surface area contributed by atoms with Crippen LogP contribution in [-0.2, 0) is 11.3 Å². The average molecular weight is 533 g/mol. The van der Waals surface area contributed by atoms with E-state index < -0.39 is 5.97 Å². The summed E-state index contributed by atoms with van der Waals surface area (Å²) in [6.07, 6.45) is 10.8. The Morgan fingerprint density at radius 2 is 1.88 bits per heavy atom. The van der Waals surface area contributed by atoms with E-state index in [4.69, 9.17) is 10.2 Å². The number of rotatable bonds is 7. The first-order valence-electron chi connectivity index (χ1n) is 11.7. The van der Waals surface area contributed by atoms with E-state index in [1.807, 2.05) is 12.1 Å². The van der Waals surface area contributed by atoms with Crippen LogP contribution in [0.25, 0.3) is 0 Å². The van der Waals surface area contributed by atoms with Gasteiger partial charge in [-0.05, 0) is 81.5 Å². The van der Waals surface area contributed by atoms with Crippen LogP contribution in [-0.4, -0.2) is 50.6 Å². The number of hydrazone groups is 1. The maximum Gasteiger partial charge on any atom is 0.339 e. The highest BCUT2D eigenvalue weighted by Crippen LogP contribution is 2.42. The molecule has 1 aliphatic carbocycles. The predicted octanol–water partition coefficient (Wildman–Crippen LogP) is 4.49. The monoisotopic (exact) mass is 531 g/mol. The Morgan fingerprint density at radius 1 is 1.15 bits per heavy atom. The molecule has 2 fully saturated rings. The number of amides is 2. The summed E-state index contributed by atoms with van der Waals surface area (Å²) < 4.78 is 0. The van der Waals surface area contributed by atoms with E-state index in [0.29, 0.717) is 24.3 Å². The molecule has 34 heavy (non-hydrogen) atoms. The van der Waals surface area contributed by atoms with Gasteiger partial charge in [0.05, 0.1) is 5.04 Å². The van der Waals surface area contributed by atoms with Crippen molar-refractivity contribution in [2.24, 2.45) is 22.9 Å². The first-order valence-corrected chi connectivity index (χ1v) is 12.6. The number of carboxylic acids is 1. The van der Waals surface area contributed by atoms with Crippen LogP contribution in [0.15, 0.2) is 29.6 Å². The molecule has 1 saturated heterocycles. The molecule has 1 aromatic rings. The molecule has 2 aliphatic heterocycles. The standard InChI is InChI=1S/C23H33N5O3S.2ClH/c29-20(30)8-5-16-3-6-18(7-4-16)21-27-28(22(32-21)19-9-12-24-13-10-19)23(31)26-15-17-2-1-11-25-14-17;;/h1-2,11,14,16,18-19,22,24H,3-10,12-13,15H2,(H,26,31)(H,29,30);2*1H. The quantitative estimate of drug-likeness (QED) is 0.478. The number of nitrogens with zero attached hydrogens (tertiary/aromatic N) is 3. The third kappa shape index (κ3) is 7.73. The van der Waals surface area contributed by atoms with Gasteiger partial charge in [0.1, 0.15) is 5.37 Å². The van der Waals surface area contributed by atoms with E-state index in [-0.39, 0.29) is 42.6 Å². The van der Waals surface area contributed by atoms with Gasteiger partial charge < -0.3 is 15.7 Å². The Labute approximate surface area is 217 Å². The molecule has 8 nitrogen and oxygen atoms in total. The van der Waals surface area contributed by atoms with Gasteiger partial charge in [-0.25, -0.2) is 9.80 Å². The number of pyridine rings is 1. The summed E-state index contributed by atoms with van der Waals surface area (Å²) in [6, 6.07) is 3.68. The van der Waals surface area contributed by atoms with E-state index in [1.165, 1.54) is 0 Å². The topological polar surface area (TPSA) is 107 Å². The van der Waals surface area contributed by atoms with Crippen LogP contribution in [0.5, 0.6) is 0 Å². The minimum absolute atomic E-state index is 0. The van der Waals surface area contributed by atoms with Gasteiger partial charge in [-0.3, -0.25) is 9.78 Å². The Kier molecular flexibility index (Phi) is 11.9. The Balaban J connectivity index is 0.00000204. The fourth-order valence-corrected chi connectivity index (χ4v) is 6.43. The number of aromatic nitrogens is 1. The third-order valence-electron chi connectivity index (χ3n) is 6.81. The number of piperidine rings is 1. The number of halogens is 2. The Bertz CT molecular complexity index is 818. The SMILES string of the molecule is Cl.Cl.O=C(O)CCC1CCC(C2=NN(C(=O)NCc3cccnc3)C(C3CCNCC3)S2)CC1. The largest absolute Gasteiger partial charge is 0.481 e. The number of aliphatic carboxylic acids is 1. The highest BCUT2D eigenvalue weighted by molar-refractivity contribution is 8.14. The van der Waals surface area contributed by atoms with E-state index in [1.54, 1.807) is 29.2 Å². The number of hydrogen-bond donors (Lipinski definition) is 3. The molecule has 3 N–H and O–H groups in total. The van der Waals surface area contributed by atoms with Gasteiger partial charge in [-0.15, -0.1) is 24.8 Å². The summed E-state index contributed by atoms with van der Waals surface area (Å²) in [7, 11) is 0. The van der Waals surface area contributed by atoms with Crippen molar-refractivity contribution in [1.82, 2.24) is 20.6 Å². The van der Waals surface area contributed by atoms with Gasteiger partial charge in [-0.1, -0.05) is 17.8 Å². The maximum absolute atomic E-state index is 13.1. The van der Waals surface area contributed by atoms with Crippen LogP contribution >= 0.6 is 36.6 Å². The smallest absolute Gasteiger partial charge is 0.339 e. The summed E-state index contributed by atoms with van der Waals surface area (Å²) in [6.45, 7) is 2.40. The molecule has 0 aromatic carbocycles. The highest BCUT2D eigenvalue weighted by Gasteiger charge is 2.41. The number of thioether (sulfide) groups is 1. The summed E-state index contributed by atoms with van der Waals surface area (Å²) in [5, 5.41) is 23.1. The lowest BCUT2D eigenvalue weighted by atomic mass is 9.80. The molecule has 1 aromatic heterocycles. The highest BCUT2D eigenvalue weighted by atomic mass is 35.5. The lowest BCUT2D eigenvalue weighted by Crippen LogP contribution is -2.45. The number of nitrogens with one attached hydrogen (secondary N) is 2. The molecule has 1 unspecified atom stereocenters. The van der Waals surface area contributed by atoms with Gasteiger partial charge in [-0.2, -0.15) is 5.10 Å². The van der Waals surface area contributed by atoms with Gasteiger partial charge in [0.2, 0.25) is 0 Å². The maximum atomic E-state index is 13.1. The van der Waals surface area contributed by atoms with Gasteiger partial charge in [0, 0.05) is 31.3 Å².